The van der Waals surface area contributed by atoms with Gasteiger partial charge in [0, 0.05) is 12.8 Å². The van der Waals surface area contributed by atoms with Gasteiger partial charge < -0.3 is 9.47 Å². The molecule has 0 aliphatic carbocycles. The Morgan fingerprint density at radius 3 is 0.739 bits per heavy atom. The maximum Gasteiger partial charge on any atom is 0.305 e. The molecular weight excluding hydrogens is 568 g/mol. The van der Waals surface area contributed by atoms with Gasteiger partial charge in [-0.15, -0.1) is 0 Å². The summed E-state index contributed by atoms with van der Waals surface area (Å²) in [5, 5.41) is 0. The monoisotopic (exact) mass is 653 g/mol. The quantitative estimate of drug-likeness (QED) is 0.0499. The van der Waals surface area contributed by atoms with Crippen LogP contribution in [0.5, 0.6) is 0 Å². The van der Waals surface area contributed by atoms with Crippen molar-refractivity contribution in [2.45, 2.75) is 246 Å². The Kier molecular flexibility index (Phi) is 45.0. The van der Waals surface area contributed by atoms with E-state index in [9.17, 15) is 9.59 Å². The van der Waals surface area contributed by atoms with Crippen LogP contribution < -0.4 is 0 Å². The van der Waals surface area contributed by atoms with Gasteiger partial charge in [0.1, 0.15) is 0 Å². The summed E-state index contributed by atoms with van der Waals surface area (Å²) >= 11 is 0. The number of rotatable bonds is 36. The summed E-state index contributed by atoms with van der Waals surface area (Å²) in [5.41, 5.74) is 0. The van der Waals surface area contributed by atoms with Crippen LogP contribution in [-0.2, 0) is 19.1 Å². The molecule has 0 aliphatic heterocycles. The van der Waals surface area contributed by atoms with E-state index in [4.69, 9.17) is 9.47 Å². The molecule has 0 saturated carbocycles. The van der Waals surface area contributed by atoms with E-state index in [0.717, 1.165) is 25.7 Å². The van der Waals surface area contributed by atoms with Crippen LogP contribution in [0.4, 0.5) is 0 Å². The Hall–Kier alpha value is -1.06. The summed E-state index contributed by atoms with van der Waals surface area (Å²) in [7, 11) is 0. The molecule has 0 bridgehead atoms. The highest BCUT2D eigenvalue weighted by Gasteiger charge is 2.03. The van der Waals surface area contributed by atoms with Crippen molar-refractivity contribution in [2.24, 2.45) is 0 Å². The fraction of sp³-hybridized carbons (Fsp3) is 0.952. The van der Waals surface area contributed by atoms with E-state index in [1.165, 1.54) is 180 Å². The molecule has 0 amide bonds. The standard InChI is InChI=1S/C24H48O2.C18H36O2/c1-3-5-7-9-11-13-14-15-16-18-20-22-24(25)26-23-21-19-17-12-10-8-6-4-2;1-3-5-7-9-10-11-12-13-14-16-18(19)20-17-15-8-6-4-2/h3-23H2,1-2H3;3-17H2,1-2H3. The Bertz CT molecular complexity index is 576. The summed E-state index contributed by atoms with van der Waals surface area (Å²) < 4.78 is 10.6. The number of carbonyl (C=O) groups excluding carboxylic acids is 2. The van der Waals surface area contributed by atoms with E-state index in [0.29, 0.717) is 26.1 Å². The molecule has 0 N–H and O–H groups in total. The van der Waals surface area contributed by atoms with E-state index in [2.05, 4.69) is 27.7 Å². The Morgan fingerprint density at radius 2 is 0.478 bits per heavy atom. The Morgan fingerprint density at radius 1 is 0.283 bits per heavy atom. The molecule has 0 aliphatic rings. The summed E-state index contributed by atoms with van der Waals surface area (Å²) in [5.74, 6) is 0.0216. The molecule has 0 saturated heterocycles. The molecule has 0 aromatic heterocycles. The second-order valence-electron chi connectivity index (χ2n) is 13.8. The van der Waals surface area contributed by atoms with Gasteiger partial charge in [-0.25, -0.2) is 0 Å². The third-order valence-electron chi connectivity index (χ3n) is 8.99. The lowest BCUT2D eigenvalue weighted by atomic mass is 10.1. The third-order valence-corrected chi connectivity index (χ3v) is 8.99. The van der Waals surface area contributed by atoms with E-state index in [1.807, 2.05) is 0 Å². The van der Waals surface area contributed by atoms with Crippen molar-refractivity contribution in [3.05, 3.63) is 0 Å². The van der Waals surface area contributed by atoms with Gasteiger partial charge in [0.05, 0.1) is 13.2 Å². The minimum Gasteiger partial charge on any atom is -0.466 e. The molecule has 0 aromatic rings. The molecule has 0 unspecified atom stereocenters. The number of hydrogen-bond acceptors (Lipinski definition) is 4. The van der Waals surface area contributed by atoms with Gasteiger partial charge in [0.25, 0.3) is 0 Å². The number of esters is 2. The van der Waals surface area contributed by atoms with Crippen molar-refractivity contribution < 1.29 is 19.1 Å². The molecule has 4 heteroatoms. The molecular formula is C42H84O4. The first-order chi connectivity index (χ1) is 22.6. The van der Waals surface area contributed by atoms with Crippen LogP contribution in [0, 0.1) is 0 Å². The van der Waals surface area contributed by atoms with Gasteiger partial charge in [-0.1, -0.05) is 207 Å². The SMILES string of the molecule is CCCCCCCCCCCC(=O)OCCCCCC.CCCCCCCCCCCCCC(=O)OCCCCCCCCCC. The first-order valence-corrected chi connectivity index (χ1v) is 20.9. The third kappa shape index (κ3) is 45.1. The lowest BCUT2D eigenvalue weighted by Crippen LogP contribution is -2.05. The Labute approximate surface area is 289 Å². The smallest absolute Gasteiger partial charge is 0.305 e. The molecule has 0 heterocycles. The zero-order chi connectivity index (χ0) is 34.0. The second-order valence-corrected chi connectivity index (χ2v) is 13.8. The summed E-state index contributed by atoms with van der Waals surface area (Å²) in [4.78, 5) is 23.1. The van der Waals surface area contributed by atoms with E-state index in [-0.39, 0.29) is 11.9 Å². The van der Waals surface area contributed by atoms with Crippen LogP contribution in [0.1, 0.15) is 246 Å². The van der Waals surface area contributed by atoms with Crippen LogP contribution in [0.2, 0.25) is 0 Å². The normalized spacial score (nSPS) is 10.9. The van der Waals surface area contributed by atoms with Crippen LogP contribution in [-0.4, -0.2) is 25.2 Å². The zero-order valence-corrected chi connectivity index (χ0v) is 32.1. The summed E-state index contributed by atoms with van der Waals surface area (Å²) in [6.07, 6.45) is 42.4. The second kappa shape index (κ2) is 43.9. The molecule has 46 heavy (non-hydrogen) atoms. The Balaban J connectivity index is 0. The first-order valence-electron chi connectivity index (χ1n) is 20.9. The molecule has 0 radical (unpaired) electrons. The van der Waals surface area contributed by atoms with Gasteiger partial charge in [-0.2, -0.15) is 0 Å². The van der Waals surface area contributed by atoms with Crippen molar-refractivity contribution in [3.8, 4) is 0 Å². The minimum absolute atomic E-state index is 0.00412. The number of hydrogen-bond donors (Lipinski definition) is 0. The molecule has 0 aromatic carbocycles. The van der Waals surface area contributed by atoms with Gasteiger partial charge in [0.15, 0.2) is 0 Å². The average Bonchev–Trinajstić information content (AvgIpc) is 3.06. The van der Waals surface area contributed by atoms with Crippen molar-refractivity contribution >= 4 is 11.9 Å². The largest absolute Gasteiger partial charge is 0.466 e. The van der Waals surface area contributed by atoms with E-state index in [1.54, 1.807) is 0 Å². The summed E-state index contributed by atoms with van der Waals surface area (Å²) in [6.45, 7) is 10.2. The minimum atomic E-state index is 0.00412. The van der Waals surface area contributed by atoms with Crippen molar-refractivity contribution in [1.82, 2.24) is 0 Å². The van der Waals surface area contributed by atoms with Crippen LogP contribution in [0.25, 0.3) is 0 Å². The predicted molar refractivity (Wildman–Crippen MR) is 202 cm³/mol. The first kappa shape index (κ1) is 47.1. The molecule has 0 spiro atoms. The zero-order valence-electron chi connectivity index (χ0n) is 32.1. The van der Waals surface area contributed by atoms with Crippen molar-refractivity contribution in [3.63, 3.8) is 0 Å². The van der Waals surface area contributed by atoms with Crippen LogP contribution in [0.3, 0.4) is 0 Å². The molecule has 4 nitrogen and oxygen atoms in total. The molecule has 0 fully saturated rings. The lowest BCUT2D eigenvalue weighted by Gasteiger charge is -2.05. The topological polar surface area (TPSA) is 52.6 Å². The van der Waals surface area contributed by atoms with Gasteiger partial charge in [-0.05, 0) is 25.7 Å². The lowest BCUT2D eigenvalue weighted by molar-refractivity contribution is -0.144. The molecule has 0 rings (SSSR count). The fourth-order valence-electron chi connectivity index (χ4n) is 5.79. The predicted octanol–water partition coefficient (Wildman–Crippen LogP) is 14.4. The van der Waals surface area contributed by atoms with E-state index >= 15 is 0 Å². The number of ether oxygens (including phenoxy) is 2. The highest BCUT2D eigenvalue weighted by molar-refractivity contribution is 5.69. The van der Waals surface area contributed by atoms with Crippen LogP contribution >= 0.6 is 0 Å². The maximum atomic E-state index is 11.7. The average molecular weight is 653 g/mol. The maximum absolute atomic E-state index is 11.7. The number of unbranched alkanes of at least 4 members (excludes halogenated alkanes) is 28. The number of carbonyl (C=O) groups is 2. The molecule has 0 atom stereocenters. The molecule has 276 valence electrons. The van der Waals surface area contributed by atoms with Gasteiger partial charge in [-0.3, -0.25) is 9.59 Å². The summed E-state index contributed by atoms with van der Waals surface area (Å²) in [6, 6.07) is 0. The highest BCUT2D eigenvalue weighted by Crippen LogP contribution is 2.13. The van der Waals surface area contributed by atoms with Gasteiger partial charge in [0.2, 0.25) is 0 Å². The van der Waals surface area contributed by atoms with Crippen molar-refractivity contribution in [1.29, 1.82) is 0 Å². The van der Waals surface area contributed by atoms with Crippen molar-refractivity contribution in [2.75, 3.05) is 13.2 Å². The van der Waals surface area contributed by atoms with E-state index < -0.39 is 0 Å². The van der Waals surface area contributed by atoms with Crippen LogP contribution in [0.15, 0.2) is 0 Å². The van der Waals surface area contributed by atoms with Gasteiger partial charge >= 0.3 is 11.9 Å². The fourth-order valence-corrected chi connectivity index (χ4v) is 5.79. The highest BCUT2D eigenvalue weighted by atomic mass is 16.5.